The first-order valence-electron chi connectivity index (χ1n) is 10.5. The summed E-state index contributed by atoms with van der Waals surface area (Å²) in [7, 11) is 0. The summed E-state index contributed by atoms with van der Waals surface area (Å²) in [5.74, 6) is 0.353. The zero-order valence-corrected chi connectivity index (χ0v) is 17.1. The molecule has 2 fully saturated rings. The Morgan fingerprint density at radius 3 is 2.15 bits per heavy atom. The minimum Gasteiger partial charge on any atom is -0.344 e. The Balaban J connectivity index is 2.02. The van der Waals surface area contributed by atoms with Gasteiger partial charge in [-0.15, -0.1) is 0 Å². The van der Waals surface area contributed by atoms with Crippen LogP contribution in [0.4, 0.5) is 4.79 Å². The molecule has 2 aliphatic rings. The van der Waals surface area contributed by atoms with Crippen molar-refractivity contribution in [1.29, 1.82) is 0 Å². The van der Waals surface area contributed by atoms with Gasteiger partial charge in [-0.1, -0.05) is 13.8 Å². The highest BCUT2D eigenvalue weighted by Crippen LogP contribution is 2.24. The largest absolute Gasteiger partial charge is 0.344 e. The van der Waals surface area contributed by atoms with E-state index in [2.05, 4.69) is 10.6 Å². The molecule has 7 nitrogen and oxygen atoms in total. The molecule has 2 rings (SSSR count). The van der Waals surface area contributed by atoms with E-state index >= 15 is 0 Å². The minimum absolute atomic E-state index is 0.0429. The van der Waals surface area contributed by atoms with Crippen molar-refractivity contribution in [2.24, 2.45) is 11.8 Å². The number of nitrogens with zero attached hydrogens (tertiary/aromatic N) is 2. The summed E-state index contributed by atoms with van der Waals surface area (Å²) >= 11 is 0. The smallest absolute Gasteiger partial charge is 0.317 e. The van der Waals surface area contributed by atoms with Gasteiger partial charge in [0.15, 0.2) is 0 Å². The van der Waals surface area contributed by atoms with E-state index in [1.807, 2.05) is 25.7 Å². The minimum atomic E-state index is -0.467. The van der Waals surface area contributed by atoms with Gasteiger partial charge in [0, 0.05) is 39.1 Å². The number of likely N-dealkylation sites (tertiary alicyclic amines) is 2. The SMILES string of the molecule is CCNC(=O)N1CCC(C(NC(=O)CC(C)C)C(=O)N2CCCCC2)CC1. The van der Waals surface area contributed by atoms with E-state index in [4.69, 9.17) is 0 Å². The molecule has 0 aromatic rings. The van der Waals surface area contributed by atoms with Crippen LogP contribution in [0.15, 0.2) is 0 Å². The molecule has 0 aromatic heterocycles. The number of carbonyl (C=O) groups excluding carboxylic acids is 3. The van der Waals surface area contributed by atoms with Gasteiger partial charge in [0.2, 0.25) is 11.8 Å². The molecule has 0 aliphatic carbocycles. The van der Waals surface area contributed by atoms with E-state index < -0.39 is 6.04 Å². The third-order valence-electron chi connectivity index (χ3n) is 5.47. The monoisotopic (exact) mass is 380 g/mol. The third-order valence-corrected chi connectivity index (χ3v) is 5.47. The van der Waals surface area contributed by atoms with Crippen LogP contribution >= 0.6 is 0 Å². The van der Waals surface area contributed by atoms with Crippen molar-refractivity contribution in [3.8, 4) is 0 Å². The van der Waals surface area contributed by atoms with Crippen molar-refractivity contribution in [2.75, 3.05) is 32.7 Å². The first kappa shape index (κ1) is 21.5. The summed E-state index contributed by atoms with van der Waals surface area (Å²) < 4.78 is 0. The second-order valence-corrected chi connectivity index (χ2v) is 8.19. The average molecular weight is 381 g/mol. The van der Waals surface area contributed by atoms with Crippen LogP contribution in [0.5, 0.6) is 0 Å². The highest BCUT2D eigenvalue weighted by molar-refractivity contribution is 5.88. The van der Waals surface area contributed by atoms with Crippen molar-refractivity contribution >= 4 is 17.8 Å². The van der Waals surface area contributed by atoms with E-state index in [1.165, 1.54) is 6.42 Å². The summed E-state index contributed by atoms with van der Waals surface area (Å²) in [6.45, 7) is 9.35. The maximum atomic E-state index is 13.2. The number of amides is 4. The topological polar surface area (TPSA) is 81.8 Å². The van der Waals surface area contributed by atoms with E-state index in [1.54, 1.807) is 4.90 Å². The van der Waals surface area contributed by atoms with E-state index in [9.17, 15) is 14.4 Å². The van der Waals surface area contributed by atoms with Crippen LogP contribution in [0.1, 0.15) is 59.3 Å². The Bertz CT molecular complexity index is 509. The fourth-order valence-corrected chi connectivity index (χ4v) is 3.99. The molecule has 2 saturated heterocycles. The molecule has 1 unspecified atom stereocenters. The highest BCUT2D eigenvalue weighted by atomic mass is 16.2. The molecule has 0 saturated carbocycles. The molecule has 27 heavy (non-hydrogen) atoms. The molecular formula is C20H36N4O3. The van der Waals surface area contributed by atoms with Gasteiger partial charge in [0.1, 0.15) is 6.04 Å². The van der Waals surface area contributed by atoms with Crippen LogP contribution < -0.4 is 10.6 Å². The van der Waals surface area contributed by atoms with Gasteiger partial charge >= 0.3 is 6.03 Å². The predicted octanol–water partition coefficient (Wildman–Crippen LogP) is 1.97. The number of nitrogens with one attached hydrogen (secondary N) is 2. The van der Waals surface area contributed by atoms with Crippen LogP contribution in [0, 0.1) is 11.8 Å². The number of piperidine rings is 2. The normalized spacial score (nSPS) is 19.7. The highest BCUT2D eigenvalue weighted by Gasteiger charge is 2.36. The molecule has 2 aliphatic heterocycles. The van der Waals surface area contributed by atoms with Crippen LogP contribution in [-0.2, 0) is 9.59 Å². The van der Waals surface area contributed by atoms with Crippen LogP contribution in [-0.4, -0.2) is 66.4 Å². The number of carbonyl (C=O) groups is 3. The fraction of sp³-hybridized carbons (Fsp3) is 0.850. The summed E-state index contributed by atoms with van der Waals surface area (Å²) in [6, 6.07) is -0.510. The molecule has 2 N–H and O–H groups in total. The number of hydrogen-bond acceptors (Lipinski definition) is 3. The third kappa shape index (κ3) is 6.40. The van der Waals surface area contributed by atoms with Crippen molar-refractivity contribution in [2.45, 2.75) is 65.3 Å². The van der Waals surface area contributed by atoms with Crippen molar-refractivity contribution in [3.05, 3.63) is 0 Å². The first-order valence-corrected chi connectivity index (χ1v) is 10.5. The molecule has 7 heteroatoms. The van der Waals surface area contributed by atoms with E-state index in [-0.39, 0.29) is 29.7 Å². The van der Waals surface area contributed by atoms with Crippen LogP contribution in [0.3, 0.4) is 0 Å². The lowest BCUT2D eigenvalue weighted by atomic mass is 9.88. The molecular weight excluding hydrogens is 344 g/mol. The van der Waals surface area contributed by atoms with Gasteiger partial charge in [-0.2, -0.15) is 0 Å². The van der Waals surface area contributed by atoms with Crippen LogP contribution in [0.25, 0.3) is 0 Å². The number of hydrogen-bond donors (Lipinski definition) is 2. The van der Waals surface area contributed by atoms with Gasteiger partial charge in [-0.05, 0) is 50.9 Å². The molecule has 0 aromatic carbocycles. The number of rotatable bonds is 6. The lowest BCUT2D eigenvalue weighted by Gasteiger charge is -2.38. The number of urea groups is 1. The zero-order chi connectivity index (χ0) is 19.8. The van der Waals surface area contributed by atoms with Gasteiger partial charge in [-0.25, -0.2) is 4.79 Å². The average Bonchev–Trinajstić information content (AvgIpc) is 2.66. The first-order chi connectivity index (χ1) is 12.9. The van der Waals surface area contributed by atoms with Gasteiger partial charge in [-0.3, -0.25) is 9.59 Å². The summed E-state index contributed by atoms with van der Waals surface area (Å²) in [4.78, 5) is 41.3. The molecule has 0 spiro atoms. The Kier molecular flexibility index (Phi) is 8.38. The van der Waals surface area contributed by atoms with Crippen molar-refractivity contribution in [1.82, 2.24) is 20.4 Å². The second kappa shape index (κ2) is 10.5. The molecule has 0 radical (unpaired) electrons. The Morgan fingerprint density at radius 2 is 1.59 bits per heavy atom. The van der Waals surface area contributed by atoms with Crippen molar-refractivity contribution in [3.63, 3.8) is 0 Å². The Morgan fingerprint density at radius 1 is 0.963 bits per heavy atom. The molecule has 4 amide bonds. The quantitative estimate of drug-likeness (QED) is 0.739. The molecule has 1 atom stereocenters. The molecule has 154 valence electrons. The van der Waals surface area contributed by atoms with Gasteiger partial charge < -0.3 is 20.4 Å². The lowest BCUT2D eigenvalue weighted by molar-refractivity contribution is -0.139. The summed E-state index contributed by atoms with van der Waals surface area (Å²) in [5, 5.41) is 5.86. The second-order valence-electron chi connectivity index (χ2n) is 8.19. The fourth-order valence-electron chi connectivity index (χ4n) is 3.99. The van der Waals surface area contributed by atoms with E-state index in [0.717, 1.165) is 38.8 Å². The standard InChI is InChI=1S/C20H36N4O3/c1-4-21-20(27)24-12-8-16(9-13-24)18(22-17(25)14-15(2)3)19(26)23-10-6-5-7-11-23/h15-16,18H,4-14H2,1-3H3,(H,21,27)(H,22,25). The lowest BCUT2D eigenvalue weighted by Crippen LogP contribution is -2.56. The predicted molar refractivity (Wildman–Crippen MR) is 105 cm³/mol. The van der Waals surface area contributed by atoms with Gasteiger partial charge in [0.05, 0.1) is 0 Å². The molecule has 0 bridgehead atoms. The maximum Gasteiger partial charge on any atom is 0.317 e. The molecule has 2 heterocycles. The Labute approximate surface area is 163 Å². The van der Waals surface area contributed by atoms with Crippen molar-refractivity contribution < 1.29 is 14.4 Å². The zero-order valence-electron chi connectivity index (χ0n) is 17.1. The summed E-state index contributed by atoms with van der Waals surface area (Å²) in [6.07, 6.45) is 5.15. The summed E-state index contributed by atoms with van der Waals surface area (Å²) in [5.41, 5.74) is 0. The van der Waals surface area contributed by atoms with E-state index in [0.29, 0.717) is 26.1 Å². The van der Waals surface area contributed by atoms with Crippen LogP contribution in [0.2, 0.25) is 0 Å². The van der Waals surface area contributed by atoms with Gasteiger partial charge in [0.25, 0.3) is 0 Å². The Hall–Kier alpha value is -1.79. The maximum absolute atomic E-state index is 13.2.